The molecule has 1 saturated carbocycles. The third-order valence-electron chi connectivity index (χ3n) is 3.59. The Balaban J connectivity index is 2.15. The van der Waals surface area contributed by atoms with Crippen molar-refractivity contribution in [1.29, 1.82) is 0 Å². The highest BCUT2D eigenvalue weighted by molar-refractivity contribution is 7.89. The van der Waals surface area contributed by atoms with Crippen molar-refractivity contribution in [2.24, 2.45) is 0 Å². The minimum absolute atomic E-state index is 0.0563. The van der Waals surface area contributed by atoms with Gasteiger partial charge in [-0.05, 0) is 37.1 Å². The molecule has 1 aliphatic rings. The second-order valence-electron chi connectivity index (χ2n) is 5.22. The molecule has 0 aliphatic heterocycles. The molecule has 1 aliphatic carbocycles. The molecule has 1 aromatic carbocycles. The number of rotatable bonds is 4. The van der Waals surface area contributed by atoms with E-state index in [1.54, 1.807) is 0 Å². The van der Waals surface area contributed by atoms with Gasteiger partial charge in [0, 0.05) is 6.04 Å². The van der Waals surface area contributed by atoms with Crippen LogP contribution in [0.5, 0.6) is 0 Å². The Bertz CT molecular complexity index is 675. The first-order valence-corrected chi connectivity index (χ1v) is 9.73. The predicted octanol–water partition coefficient (Wildman–Crippen LogP) is 2.35. The summed E-state index contributed by atoms with van der Waals surface area (Å²) in [6.45, 7) is 0. The Hall–Kier alpha value is -0.990. The summed E-state index contributed by atoms with van der Waals surface area (Å²) in [5, 5.41) is 0. The van der Waals surface area contributed by atoms with Crippen LogP contribution in [-0.4, -0.2) is 22.9 Å². The lowest BCUT2D eigenvalue weighted by atomic mass is 10.1. The average Bonchev–Trinajstić information content (AvgIpc) is 2.66. The van der Waals surface area contributed by atoms with Crippen LogP contribution in [0.2, 0.25) is 0 Å². The number of nitrogens with one attached hydrogen (secondary N) is 1. The van der Waals surface area contributed by atoms with Gasteiger partial charge in [0.2, 0.25) is 10.0 Å². The van der Waals surface area contributed by atoms with Crippen LogP contribution in [0.1, 0.15) is 38.5 Å². The summed E-state index contributed by atoms with van der Waals surface area (Å²) in [5.74, 6) is 0. The van der Waals surface area contributed by atoms with E-state index in [-0.39, 0.29) is 10.9 Å². The van der Waals surface area contributed by atoms with Gasteiger partial charge in [0.05, 0.1) is 9.79 Å². The van der Waals surface area contributed by atoms with Crippen molar-refractivity contribution < 1.29 is 20.7 Å². The Morgan fingerprint density at radius 2 is 1.33 bits per heavy atom. The van der Waals surface area contributed by atoms with Crippen molar-refractivity contribution in [3.05, 3.63) is 24.3 Å². The van der Waals surface area contributed by atoms with E-state index in [1.165, 1.54) is 0 Å². The van der Waals surface area contributed by atoms with Gasteiger partial charge in [-0.2, -0.15) is 8.42 Å². The maximum Gasteiger partial charge on any atom is 0.332 e. The van der Waals surface area contributed by atoms with E-state index in [9.17, 15) is 20.7 Å². The number of sulfonamides is 1. The maximum absolute atomic E-state index is 12.8. The lowest BCUT2D eigenvalue weighted by Gasteiger charge is -2.16. The molecule has 0 amide bonds. The van der Waals surface area contributed by atoms with Gasteiger partial charge in [-0.1, -0.05) is 25.7 Å². The topological polar surface area (TPSA) is 80.3 Å². The van der Waals surface area contributed by atoms with E-state index in [0.29, 0.717) is 0 Å². The number of benzene rings is 1. The van der Waals surface area contributed by atoms with Crippen molar-refractivity contribution in [2.45, 2.75) is 54.4 Å². The molecule has 5 nitrogen and oxygen atoms in total. The van der Waals surface area contributed by atoms with E-state index in [2.05, 4.69) is 4.72 Å². The zero-order chi connectivity index (χ0) is 15.5. The van der Waals surface area contributed by atoms with Crippen molar-refractivity contribution >= 4 is 20.2 Å². The summed E-state index contributed by atoms with van der Waals surface area (Å²) in [6.07, 6.45) is 5.81. The van der Waals surface area contributed by atoms with Crippen molar-refractivity contribution in [2.75, 3.05) is 0 Å². The van der Waals surface area contributed by atoms with Crippen LogP contribution < -0.4 is 4.72 Å². The zero-order valence-electron chi connectivity index (χ0n) is 11.5. The quantitative estimate of drug-likeness (QED) is 0.676. The Kier molecular flexibility index (Phi) is 5.00. The first-order chi connectivity index (χ1) is 9.79. The van der Waals surface area contributed by atoms with Gasteiger partial charge in [0.25, 0.3) is 0 Å². The minimum Gasteiger partial charge on any atom is -0.208 e. The third-order valence-corrected chi connectivity index (χ3v) is 5.96. The molecular formula is C13H18FNO4S2. The molecule has 0 aromatic heterocycles. The van der Waals surface area contributed by atoms with E-state index in [1.807, 2.05) is 0 Å². The fourth-order valence-electron chi connectivity index (χ4n) is 2.47. The Labute approximate surface area is 124 Å². The van der Waals surface area contributed by atoms with E-state index < -0.39 is 25.1 Å². The van der Waals surface area contributed by atoms with Crippen molar-refractivity contribution in [1.82, 2.24) is 4.72 Å². The highest BCUT2D eigenvalue weighted by atomic mass is 32.3. The zero-order valence-corrected chi connectivity index (χ0v) is 13.1. The smallest absolute Gasteiger partial charge is 0.208 e. The number of hydrogen-bond acceptors (Lipinski definition) is 4. The molecular weight excluding hydrogens is 317 g/mol. The molecule has 118 valence electrons. The molecule has 0 heterocycles. The van der Waals surface area contributed by atoms with Crippen molar-refractivity contribution in [3.8, 4) is 0 Å². The van der Waals surface area contributed by atoms with E-state index in [0.717, 1.165) is 62.8 Å². The van der Waals surface area contributed by atoms with Crippen LogP contribution in [0.4, 0.5) is 3.89 Å². The molecule has 0 spiro atoms. The molecule has 1 fully saturated rings. The molecule has 1 N–H and O–H groups in total. The Morgan fingerprint density at radius 3 is 1.81 bits per heavy atom. The maximum atomic E-state index is 12.8. The lowest BCUT2D eigenvalue weighted by Crippen LogP contribution is -2.34. The molecule has 21 heavy (non-hydrogen) atoms. The van der Waals surface area contributed by atoms with Gasteiger partial charge < -0.3 is 0 Å². The van der Waals surface area contributed by atoms with Crippen LogP contribution in [0.25, 0.3) is 0 Å². The summed E-state index contributed by atoms with van der Waals surface area (Å²) < 4.78 is 61.3. The molecule has 1 aromatic rings. The normalized spacial score (nSPS) is 18.3. The summed E-state index contributed by atoms with van der Waals surface area (Å²) in [4.78, 5) is -0.602. The van der Waals surface area contributed by atoms with E-state index in [4.69, 9.17) is 0 Å². The van der Waals surface area contributed by atoms with Gasteiger partial charge in [0.15, 0.2) is 0 Å². The highest BCUT2D eigenvalue weighted by Crippen LogP contribution is 2.20. The monoisotopic (exact) mass is 335 g/mol. The third kappa shape index (κ3) is 4.49. The van der Waals surface area contributed by atoms with Crippen LogP contribution in [0, 0.1) is 0 Å². The van der Waals surface area contributed by atoms with Crippen LogP contribution in [0.3, 0.4) is 0 Å². The fourth-order valence-corrected chi connectivity index (χ4v) is 4.23. The number of halogens is 1. The lowest BCUT2D eigenvalue weighted by molar-refractivity contribution is 0.509. The second kappa shape index (κ2) is 6.41. The Morgan fingerprint density at radius 1 is 0.857 bits per heavy atom. The van der Waals surface area contributed by atoms with Gasteiger partial charge in [-0.15, -0.1) is 3.89 Å². The summed E-state index contributed by atoms with van der Waals surface area (Å²) in [7, 11) is -8.52. The molecule has 2 rings (SSSR count). The standard InChI is InChI=1S/C13H18FNO4S2/c14-20(16,17)12-7-9-13(10-8-12)21(18,19)15-11-5-3-1-2-4-6-11/h7-11,15H,1-6H2. The van der Waals surface area contributed by atoms with E-state index >= 15 is 0 Å². The molecule has 0 unspecified atom stereocenters. The molecule has 0 saturated heterocycles. The predicted molar refractivity (Wildman–Crippen MR) is 76.5 cm³/mol. The fraction of sp³-hybridized carbons (Fsp3) is 0.538. The highest BCUT2D eigenvalue weighted by Gasteiger charge is 2.22. The van der Waals surface area contributed by atoms with Gasteiger partial charge in [-0.25, -0.2) is 13.1 Å². The molecule has 0 atom stereocenters. The summed E-state index contributed by atoms with van der Waals surface area (Å²) >= 11 is 0. The minimum atomic E-state index is -4.81. The first-order valence-electron chi connectivity index (χ1n) is 6.86. The largest absolute Gasteiger partial charge is 0.332 e. The summed E-state index contributed by atoms with van der Waals surface area (Å²) in [6, 6.07) is 4.02. The second-order valence-corrected chi connectivity index (χ2v) is 8.28. The first kappa shape index (κ1) is 16.4. The molecule has 0 bridgehead atoms. The molecule has 0 radical (unpaired) electrons. The van der Waals surface area contributed by atoms with Gasteiger partial charge in [-0.3, -0.25) is 0 Å². The van der Waals surface area contributed by atoms with Gasteiger partial charge >= 0.3 is 10.2 Å². The SMILES string of the molecule is O=S(=O)(F)c1ccc(S(=O)(=O)NC2CCCCCC2)cc1. The molecule has 8 heteroatoms. The van der Waals surface area contributed by atoms with Gasteiger partial charge in [0.1, 0.15) is 0 Å². The summed E-state index contributed by atoms with van der Waals surface area (Å²) in [5.41, 5.74) is 0. The van der Waals surface area contributed by atoms with Crippen LogP contribution >= 0.6 is 0 Å². The van der Waals surface area contributed by atoms with Crippen molar-refractivity contribution in [3.63, 3.8) is 0 Å². The number of hydrogen-bond donors (Lipinski definition) is 1. The van der Waals surface area contributed by atoms with Crippen LogP contribution in [0.15, 0.2) is 34.1 Å². The average molecular weight is 335 g/mol. The van der Waals surface area contributed by atoms with Crippen LogP contribution in [-0.2, 0) is 20.2 Å².